The van der Waals surface area contributed by atoms with Gasteiger partial charge in [-0.05, 0) is 49.7 Å². The SMILES string of the molecule is NC1(Cc2ccccc2CC(=O)NC2CCC2)CC1. The zero-order valence-corrected chi connectivity index (χ0v) is 11.3. The van der Waals surface area contributed by atoms with Crippen LogP contribution in [0.1, 0.15) is 43.2 Å². The van der Waals surface area contributed by atoms with Gasteiger partial charge in [0.1, 0.15) is 0 Å². The Kier molecular flexibility index (Phi) is 3.31. The van der Waals surface area contributed by atoms with E-state index in [0.717, 1.165) is 37.7 Å². The van der Waals surface area contributed by atoms with Gasteiger partial charge in [-0.1, -0.05) is 24.3 Å². The molecule has 1 amide bonds. The van der Waals surface area contributed by atoms with E-state index < -0.39 is 0 Å². The minimum Gasteiger partial charge on any atom is -0.353 e. The van der Waals surface area contributed by atoms with Crippen molar-refractivity contribution in [1.29, 1.82) is 0 Å². The van der Waals surface area contributed by atoms with E-state index in [1.165, 1.54) is 12.0 Å². The van der Waals surface area contributed by atoms with Crippen molar-refractivity contribution in [1.82, 2.24) is 5.32 Å². The van der Waals surface area contributed by atoms with E-state index in [4.69, 9.17) is 5.73 Å². The van der Waals surface area contributed by atoms with Crippen LogP contribution in [0.15, 0.2) is 24.3 Å². The summed E-state index contributed by atoms with van der Waals surface area (Å²) in [6.07, 6.45) is 7.13. The van der Waals surface area contributed by atoms with Crippen molar-refractivity contribution in [2.45, 2.75) is 56.5 Å². The highest BCUT2D eigenvalue weighted by Gasteiger charge is 2.38. The minimum absolute atomic E-state index is 0.000548. The molecule has 19 heavy (non-hydrogen) atoms. The lowest BCUT2D eigenvalue weighted by atomic mass is 9.92. The second-order valence-corrected chi connectivity index (χ2v) is 6.18. The van der Waals surface area contributed by atoms with Crippen LogP contribution in [0.4, 0.5) is 0 Å². The molecule has 1 aromatic carbocycles. The first-order valence-electron chi connectivity index (χ1n) is 7.30. The van der Waals surface area contributed by atoms with Crippen molar-refractivity contribution in [3.8, 4) is 0 Å². The normalized spacial score (nSPS) is 20.7. The maximum atomic E-state index is 12.0. The number of hydrogen-bond acceptors (Lipinski definition) is 2. The summed E-state index contributed by atoms with van der Waals surface area (Å²) in [7, 11) is 0. The van der Waals surface area contributed by atoms with Crippen LogP contribution in [-0.2, 0) is 17.6 Å². The molecule has 2 aliphatic carbocycles. The van der Waals surface area contributed by atoms with Gasteiger partial charge >= 0.3 is 0 Å². The number of carbonyl (C=O) groups is 1. The minimum atomic E-state index is 0.000548. The molecule has 0 atom stereocenters. The third kappa shape index (κ3) is 3.16. The summed E-state index contributed by atoms with van der Waals surface area (Å²) >= 11 is 0. The third-order valence-electron chi connectivity index (χ3n) is 4.37. The number of amides is 1. The van der Waals surface area contributed by atoms with Crippen LogP contribution in [0, 0.1) is 0 Å². The molecule has 2 aliphatic rings. The number of nitrogens with two attached hydrogens (primary N) is 1. The molecule has 102 valence electrons. The zero-order chi connectivity index (χ0) is 13.3. The van der Waals surface area contributed by atoms with Crippen LogP contribution in [0.25, 0.3) is 0 Å². The number of nitrogens with one attached hydrogen (secondary N) is 1. The Morgan fingerprint density at radius 3 is 2.53 bits per heavy atom. The molecule has 0 spiro atoms. The molecule has 3 rings (SSSR count). The molecule has 3 N–H and O–H groups in total. The van der Waals surface area contributed by atoms with Crippen LogP contribution in [-0.4, -0.2) is 17.5 Å². The van der Waals surface area contributed by atoms with Crippen LogP contribution < -0.4 is 11.1 Å². The Hall–Kier alpha value is -1.35. The van der Waals surface area contributed by atoms with Crippen LogP contribution in [0.5, 0.6) is 0 Å². The average Bonchev–Trinajstić information content (AvgIpc) is 3.04. The lowest BCUT2D eigenvalue weighted by Crippen LogP contribution is -2.40. The summed E-state index contributed by atoms with van der Waals surface area (Å²) < 4.78 is 0. The third-order valence-corrected chi connectivity index (χ3v) is 4.37. The molecular weight excluding hydrogens is 236 g/mol. The Morgan fingerprint density at radius 1 is 1.26 bits per heavy atom. The molecule has 0 unspecified atom stereocenters. The van der Waals surface area contributed by atoms with E-state index in [0.29, 0.717) is 12.5 Å². The molecule has 0 heterocycles. The first kappa shape index (κ1) is 12.7. The maximum absolute atomic E-state index is 12.0. The summed E-state index contributed by atoms with van der Waals surface area (Å²) in [5.41, 5.74) is 8.57. The van der Waals surface area contributed by atoms with Crippen molar-refractivity contribution < 1.29 is 4.79 Å². The smallest absolute Gasteiger partial charge is 0.224 e. The monoisotopic (exact) mass is 258 g/mol. The quantitative estimate of drug-likeness (QED) is 0.848. The molecule has 0 radical (unpaired) electrons. The van der Waals surface area contributed by atoms with Gasteiger partial charge in [0.15, 0.2) is 0 Å². The number of hydrogen-bond donors (Lipinski definition) is 2. The van der Waals surface area contributed by atoms with Gasteiger partial charge in [0.05, 0.1) is 6.42 Å². The highest BCUT2D eigenvalue weighted by molar-refractivity contribution is 5.79. The Bertz CT molecular complexity index is 475. The second-order valence-electron chi connectivity index (χ2n) is 6.18. The van der Waals surface area contributed by atoms with E-state index in [1.54, 1.807) is 0 Å². The summed E-state index contributed by atoms with van der Waals surface area (Å²) in [6.45, 7) is 0. The van der Waals surface area contributed by atoms with Crippen molar-refractivity contribution in [2.24, 2.45) is 5.73 Å². The molecule has 2 saturated carbocycles. The molecule has 1 aromatic rings. The predicted molar refractivity (Wildman–Crippen MR) is 75.8 cm³/mol. The molecule has 0 aromatic heterocycles. The van der Waals surface area contributed by atoms with Gasteiger partial charge in [0.25, 0.3) is 0 Å². The fourth-order valence-electron chi connectivity index (χ4n) is 2.62. The molecule has 0 saturated heterocycles. The van der Waals surface area contributed by atoms with Gasteiger partial charge in [0.2, 0.25) is 5.91 Å². The van der Waals surface area contributed by atoms with Crippen LogP contribution >= 0.6 is 0 Å². The van der Waals surface area contributed by atoms with Crippen LogP contribution in [0.2, 0.25) is 0 Å². The fourth-order valence-corrected chi connectivity index (χ4v) is 2.62. The van der Waals surface area contributed by atoms with Crippen molar-refractivity contribution in [3.05, 3.63) is 35.4 Å². The Morgan fingerprint density at radius 2 is 1.95 bits per heavy atom. The molecule has 3 heteroatoms. The number of rotatable bonds is 5. The van der Waals surface area contributed by atoms with E-state index >= 15 is 0 Å². The van der Waals surface area contributed by atoms with Gasteiger partial charge in [0, 0.05) is 11.6 Å². The topological polar surface area (TPSA) is 55.1 Å². The Balaban J connectivity index is 1.63. The van der Waals surface area contributed by atoms with Gasteiger partial charge in [-0.15, -0.1) is 0 Å². The summed E-state index contributed by atoms with van der Waals surface area (Å²) in [6, 6.07) is 8.63. The summed E-state index contributed by atoms with van der Waals surface area (Å²) in [4.78, 5) is 12.0. The van der Waals surface area contributed by atoms with Crippen molar-refractivity contribution >= 4 is 5.91 Å². The molecule has 3 nitrogen and oxygen atoms in total. The standard InChI is InChI=1S/C16H22N2O/c17-16(8-9-16)11-13-5-2-1-4-12(13)10-15(19)18-14-6-3-7-14/h1-2,4-5,14H,3,6-11,17H2,(H,18,19). The molecule has 2 fully saturated rings. The van der Waals surface area contributed by atoms with Crippen LogP contribution in [0.3, 0.4) is 0 Å². The van der Waals surface area contributed by atoms with Gasteiger partial charge in [-0.3, -0.25) is 4.79 Å². The predicted octanol–water partition coefficient (Wildman–Crippen LogP) is 1.93. The average molecular weight is 258 g/mol. The van der Waals surface area contributed by atoms with E-state index in [1.807, 2.05) is 12.1 Å². The fraction of sp³-hybridized carbons (Fsp3) is 0.562. The maximum Gasteiger partial charge on any atom is 0.224 e. The van der Waals surface area contributed by atoms with Crippen molar-refractivity contribution in [2.75, 3.05) is 0 Å². The first-order valence-corrected chi connectivity index (χ1v) is 7.30. The van der Waals surface area contributed by atoms with E-state index in [2.05, 4.69) is 17.4 Å². The molecular formula is C16H22N2O. The highest BCUT2D eigenvalue weighted by atomic mass is 16.1. The number of carbonyl (C=O) groups excluding carboxylic acids is 1. The lowest BCUT2D eigenvalue weighted by Gasteiger charge is -2.26. The van der Waals surface area contributed by atoms with Gasteiger partial charge in [-0.25, -0.2) is 0 Å². The summed E-state index contributed by atoms with van der Waals surface area (Å²) in [5.74, 6) is 0.152. The van der Waals surface area contributed by atoms with E-state index in [9.17, 15) is 4.79 Å². The number of benzene rings is 1. The Labute approximate surface area is 114 Å². The van der Waals surface area contributed by atoms with Gasteiger partial charge in [-0.2, -0.15) is 0 Å². The van der Waals surface area contributed by atoms with E-state index in [-0.39, 0.29) is 11.4 Å². The molecule has 0 aliphatic heterocycles. The largest absolute Gasteiger partial charge is 0.353 e. The first-order chi connectivity index (χ1) is 9.15. The van der Waals surface area contributed by atoms with Gasteiger partial charge < -0.3 is 11.1 Å². The lowest BCUT2D eigenvalue weighted by molar-refractivity contribution is -0.121. The van der Waals surface area contributed by atoms with Crippen molar-refractivity contribution in [3.63, 3.8) is 0 Å². The zero-order valence-electron chi connectivity index (χ0n) is 11.3. The second kappa shape index (κ2) is 4.97. The summed E-state index contributed by atoms with van der Waals surface area (Å²) in [5, 5.41) is 3.10. The highest BCUT2D eigenvalue weighted by Crippen LogP contribution is 2.36. The molecule has 0 bridgehead atoms.